The molecule has 1 amide bonds. The summed E-state index contributed by atoms with van der Waals surface area (Å²) in [4.78, 5) is 25.4. The van der Waals surface area contributed by atoms with Crippen LogP contribution in [-0.2, 0) is 9.59 Å². The fourth-order valence-electron chi connectivity index (χ4n) is 2.18. The van der Waals surface area contributed by atoms with Gasteiger partial charge in [0.05, 0.1) is 11.4 Å². The molecule has 4 nitrogen and oxygen atoms in total. The number of amides is 1. The zero-order chi connectivity index (χ0) is 14.9. The Morgan fingerprint density at radius 3 is 2.60 bits per heavy atom. The van der Waals surface area contributed by atoms with E-state index in [4.69, 9.17) is 5.11 Å². The molecule has 1 aliphatic heterocycles. The molecular formula is C15H17NO3S. The van der Waals surface area contributed by atoms with Crippen LogP contribution in [0.5, 0.6) is 0 Å². The van der Waals surface area contributed by atoms with E-state index in [1.807, 2.05) is 39.0 Å². The van der Waals surface area contributed by atoms with Crippen molar-refractivity contribution in [2.45, 2.75) is 20.8 Å². The van der Waals surface area contributed by atoms with E-state index < -0.39 is 5.97 Å². The van der Waals surface area contributed by atoms with Crippen LogP contribution in [0.2, 0.25) is 0 Å². The number of aryl methyl sites for hydroxylation is 2. The summed E-state index contributed by atoms with van der Waals surface area (Å²) in [5, 5.41) is 9.01. The molecule has 0 saturated carbocycles. The second-order valence-corrected chi connectivity index (χ2v) is 6.06. The fraction of sp³-hybridized carbons (Fsp3) is 0.333. The highest BCUT2D eigenvalue weighted by Crippen LogP contribution is 2.35. The molecule has 0 aromatic heterocycles. The zero-order valence-corrected chi connectivity index (χ0v) is 12.6. The Balaban J connectivity index is 2.50. The van der Waals surface area contributed by atoms with Crippen LogP contribution in [0, 0.1) is 13.8 Å². The highest BCUT2D eigenvalue weighted by Gasteiger charge is 2.28. The minimum absolute atomic E-state index is 0.156. The molecule has 0 bridgehead atoms. The number of carboxylic acid groups (broad SMARTS) is 1. The van der Waals surface area contributed by atoms with Crippen molar-refractivity contribution >= 4 is 29.3 Å². The third-order valence-corrected chi connectivity index (χ3v) is 4.41. The normalized spacial score (nSPS) is 15.8. The molecule has 106 valence electrons. The predicted molar refractivity (Wildman–Crippen MR) is 80.3 cm³/mol. The maximum Gasteiger partial charge on any atom is 0.323 e. The second-order valence-electron chi connectivity index (χ2n) is 4.87. The van der Waals surface area contributed by atoms with E-state index >= 15 is 0 Å². The number of benzene rings is 1. The maximum absolute atomic E-state index is 12.0. The van der Waals surface area contributed by atoms with Crippen LogP contribution in [0.3, 0.4) is 0 Å². The first kappa shape index (κ1) is 14.7. The molecule has 0 fully saturated rings. The Labute approximate surface area is 122 Å². The summed E-state index contributed by atoms with van der Waals surface area (Å²) in [6.07, 6.45) is 0. The molecule has 5 heteroatoms. The molecule has 0 saturated heterocycles. The lowest BCUT2D eigenvalue weighted by Gasteiger charge is -2.30. The third-order valence-electron chi connectivity index (χ3n) is 3.39. The largest absolute Gasteiger partial charge is 0.480 e. The van der Waals surface area contributed by atoms with E-state index in [1.165, 1.54) is 22.2 Å². The molecule has 1 aliphatic rings. The van der Waals surface area contributed by atoms with Gasteiger partial charge in [-0.3, -0.25) is 14.5 Å². The topological polar surface area (TPSA) is 57.6 Å². The Morgan fingerprint density at radius 2 is 2.00 bits per heavy atom. The van der Waals surface area contributed by atoms with Crippen molar-refractivity contribution in [1.29, 1.82) is 0 Å². The molecule has 1 heterocycles. The monoisotopic (exact) mass is 291 g/mol. The van der Waals surface area contributed by atoms with Crippen LogP contribution in [0.15, 0.2) is 23.1 Å². The minimum Gasteiger partial charge on any atom is -0.480 e. The van der Waals surface area contributed by atoms with Gasteiger partial charge >= 0.3 is 5.97 Å². The van der Waals surface area contributed by atoms with Crippen molar-refractivity contribution in [3.63, 3.8) is 0 Å². The Bertz CT molecular complexity index is 607. The standard InChI is InChI=1S/C15H17NO3S/c1-9-4-5-12(6-10(9)2)15-11(3)20-8-13(17)16(15)7-14(18)19/h4-6H,7-8H2,1-3H3,(H,18,19). The quantitative estimate of drug-likeness (QED) is 0.930. The number of hydrogen-bond donors (Lipinski definition) is 1. The number of carboxylic acids is 1. The lowest BCUT2D eigenvalue weighted by atomic mass is 10.0. The van der Waals surface area contributed by atoms with Crippen LogP contribution < -0.4 is 0 Å². The Kier molecular flexibility index (Phi) is 4.18. The number of carbonyl (C=O) groups excluding carboxylic acids is 1. The summed E-state index contributed by atoms with van der Waals surface area (Å²) in [6.45, 7) is 5.67. The van der Waals surface area contributed by atoms with E-state index in [2.05, 4.69) is 0 Å². The number of hydrogen-bond acceptors (Lipinski definition) is 3. The first-order valence-corrected chi connectivity index (χ1v) is 7.32. The molecule has 0 unspecified atom stereocenters. The van der Waals surface area contributed by atoms with Crippen LogP contribution in [-0.4, -0.2) is 34.2 Å². The number of carbonyl (C=O) groups is 2. The zero-order valence-electron chi connectivity index (χ0n) is 11.8. The van der Waals surface area contributed by atoms with Crippen molar-refractivity contribution in [3.8, 4) is 0 Å². The number of allylic oxidation sites excluding steroid dienone is 1. The molecule has 0 spiro atoms. The van der Waals surface area contributed by atoms with E-state index in [0.29, 0.717) is 5.75 Å². The number of nitrogens with zero attached hydrogens (tertiary/aromatic N) is 1. The maximum atomic E-state index is 12.0. The van der Waals surface area contributed by atoms with Gasteiger partial charge in [0, 0.05) is 4.91 Å². The average Bonchev–Trinajstić information content (AvgIpc) is 2.37. The summed E-state index contributed by atoms with van der Waals surface area (Å²) >= 11 is 1.47. The van der Waals surface area contributed by atoms with Crippen molar-refractivity contribution in [1.82, 2.24) is 4.90 Å². The van der Waals surface area contributed by atoms with Gasteiger partial charge in [-0.25, -0.2) is 0 Å². The van der Waals surface area contributed by atoms with Gasteiger partial charge in [0.1, 0.15) is 6.54 Å². The smallest absolute Gasteiger partial charge is 0.323 e. The summed E-state index contributed by atoms with van der Waals surface area (Å²) in [5.74, 6) is -0.858. The van der Waals surface area contributed by atoms with E-state index in [-0.39, 0.29) is 12.5 Å². The molecule has 2 rings (SSSR count). The van der Waals surface area contributed by atoms with Gasteiger partial charge in [-0.1, -0.05) is 12.1 Å². The van der Waals surface area contributed by atoms with Crippen molar-refractivity contribution in [3.05, 3.63) is 39.8 Å². The Morgan fingerprint density at radius 1 is 1.30 bits per heavy atom. The van der Waals surface area contributed by atoms with Crippen molar-refractivity contribution in [2.75, 3.05) is 12.3 Å². The van der Waals surface area contributed by atoms with E-state index in [1.54, 1.807) is 0 Å². The molecule has 1 N–H and O–H groups in total. The van der Waals surface area contributed by atoms with E-state index in [0.717, 1.165) is 21.7 Å². The average molecular weight is 291 g/mol. The summed E-state index contributed by atoms with van der Waals surface area (Å²) in [7, 11) is 0. The fourth-order valence-corrected chi connectivity index (χ4v) is 3.04. The van der Waals surface area contributed by atoms with Gasteiger partial charge in [-0.2, -0.15) is 0 Å². The number of aliphatic carboxylic acids is 1. The van der Waals surface area contributed by atoms with Gasteiger partial charge in [0.25, 0.3) is 0 Å². The third kappa shape index (κ3) is 2.88. The highest BCUT2D eigenvalue weighted by molar-refractivity contribution is 8.03. The molecule has 0 aliphatic carbocycles. The lowest BCUT2D eigenvalue weighted by Crippen LogP contribution is -2.38. The SMILES string of the molecule is CC1=C(c2ccc(C)c(C)c2)N(CC(=O)O)C(=O)CS1. The van der Waals surface area contributed by atoms with Crippen LogP contribution in [0.25, 0.3) is 5.70 Å². The molecular weight excluding hydrogens is 274 g/mol. The Hall–Kier alpha value is -1.75. The van der Waals surface area contributed by atoms with Gasteiger partial charge < -0.3 is 5.11 Å². The van der Waals surface area contributed by atoms with Gasteiger partial charge in [0.2, 0.25) is 5.91 Å². The molecule has 20 heavy (non-hydrogen) atoms. The minimum atomic E-state index is -1.00. The summed E-state index contributed by atoms with van der Waals surface area (Å²) in [5.41, 5.74) is 3.91. The van der Waals surface area contributed by atoms with Crippen molar-refractivity contribution < 1.29 is 14.7 Å². The summed E-state index contributed by atoms with van der Waals surface area (Å²) < 4.78 is 0. The van der Waals surface area contributed by atoms with Gasteiger partial charge in [0.15, 0.2) is 0 Å². The number of thioether (sulfide) groups is 1. The van der Waals surface area contributed by atoms with E-state index in [9.17, 15) is 9.59 Å². The van der Waals surface area contributed by atoms with Gasteiger partial charge in [-0.05, 0) is 43.5 Å². The van der Waals surface area contributed by atoms with Crippen LogP contribution in [0.4, 0.5) is 0 Å². The van der Waals surface area contributed by atoms with Crippen LogP contribution in [0.1, 0.15) is 23.6 Å². The highest BCUT2D eigenvalue weighted by atomic mass is 32.2. The lowest BCUT2D eigenvalue weighted by molar-refractivity contribution is -0.141. The second kappa shape index (κ2) is 5.71. The van der Waals surface area contributed by atoms with Crippen molar-refractivity contribution in [2.24, 2.45) is 0 Å². The predicted octanol–water partition coefficient (Wildman–Crippen LogP) is 2.65. The molecule has 1 aromatic carbocycles. The van der Waals surface area contributed by atoms with Gasteiger partial charge in [-0.15, -0.1) is 11.8 Å². The summed E-state index contributed by atoms with van der Waals surface area (Å²) in [6, 6.07) is 5.94. The molecule has 1 aromatic rings. The number of rotatable bonds is 3. The first-order valence-electron chi connectivity index (χ1n) is 6.33. The molecule has 0 atom stereocenters. The first-order chi connectivity index (χ1) is 9.40. The molecule has 0 radical (unpaired) electrons. The van der Waals surface area contributed by atoms with Crippen LogP contribution >= 0.6 is 11.8 Å².